The fourth-order valence-corrected chi connectivity index (χ4v) is 3.22. The van der Waals surface area contributed by atoms with E-state index < -0.39 is 34.7 Å². The van der Waals surface area contributed by atoms with Crippen LogP contribution in [0.1, 0.15) is 27.6 Å². The summed E-state index contributed by atoms with van der Waals surface area (Å²) in [7, 11) is 0. The molecule has 0 heterocycles. The summed E-state index contributed by atoms with van der Waals surface area (Å²) in [6.45, 7) is 0. The lowest BCUT2D eigenvalue weighted by atomic mass is 10.1. The highest BCUT2D eigenvalue weighted by Crippen LogP contribution is 2.36. The van der Waals surface area contributed by atoms with E-state index in [2.05, 4.69) is 5.32 Å². The predicted octanol–water partition coefficient (Wildman–Crippen LogP) is 6.13. The van der Waals surface area contributed by atoms with Gasteiger partial charge in [0.1, 0.15) is 0 Å². The highest BCUT2D eigenvalue weighted by Gasteiger charge is 2.34. The first-order valence-electron chi connectivity index (χ1n) is 9.05. The van der Waals surface area contributed by atoms with Gasteiger partial charge in [0.05, 0.1) is 16.1 Å². The molecule has 0 saturated heterocycles. The number of nitrogen functional groups attached to an aromatic ring is 1. The third-order valence-electron chi connectivity index (χ3n) is 4.34. The van der Waals surface area contributed by atoms with Crippen LogP contribution in [0.4, 0.5) is 24.5 Å². The zero-order chi connectivity index (χ0) is 23.5. The highest BCUT2D eigenvalue weighted by atomic mass is 35.5. The smallest absolute Gasteiger partial charge is 0.417 e. The Balaban J connectivity index is 1.90. The molecule has 10 heteroatoms. The zero-order valence-corrected chi connectivity index (χ0v) is 17.6. The molecule has 3 N–H and O–H groups in total. The first kappa shape index (κ1) is 23.4. The van der Waals surface area contributed by atoms with Crippen LogP contribution in [0.15, 0.2) is 66.7 Å². The van der Waals surface area contributed by atoms with Crippen molar-refractivity contribution in [1.29, 1.82) is 0 Å². The van der Waals surface area contributed by atoms with E-state index in [-0.39, 0.29) is 16.9 Å². The number of amides is 1. The van der Waals surface area contributed by atoms with Gasteiger partial charge in [0.15, 0.2) is 0 Å². The van der Waals surface area contributed by atoms with E-state index in [1.807, 2.05) is 0 Å². The van der Waals surface area contributed by atoms with Gasteiger partial charge in [-0.2, -0.15) is 13.2 Å². The molecule has 5 nitrogen and oxygen atoms in total. The van der Waals surface area contributed by atoms with E-state index in [1.165, 1.54) is 36.4 Å². The standard InChI is InChI=1S/C22H15Cl2F3N2O3/c23-13-6-8-15(18(28)10-13)21(31)32-19(12-4-2-1-3-5-12)20(30)29-14-7-9-17(24)16(11-14)22(25,26)27/h1-11,19H,28H2,(H,29,30). The second-order valence-corrected chi connectivity index (χ2v) is 7.45. The summed E-state index contributed by atoms with van der Waals surface area (Å²) in [4.78, 5) is 25.6. The molecule has 0 spiro atoms. The number of nitrogens with two attached hydrogens (primary N) is 1. The molecular formula is C22H15Cl2F3N2O3. The number of ether oxygens (including phenoxy) is 1. The van der Waals surface area contributed by atoms with Crippen LogP contribution in [0.2, 0.25) is 10.0 Å². The monoisotopic (exact) mass is 482 g/mol. The Bertz CT molecular complexity index is 1150. The number of carbonyl (C=O) groups is 2. The molecule has 1 unspecified atom stereocenters. The van der Waals surface area contributed by atoms with Crippen LogP contribution in [0.25, 0.3) is 0 Å². The third-order valence-corrected chi connectivity index (χ3v) is 4.90. The average Bonchev–Trinajstić information content (AvgIpc) is 2.73. The van der Waals surface area contributed by atoms with Crippen molar-refractivity contribution in [2.24, 2.45) is 0 Å². The Morgan fingerprint density at radius 2 is 1.66 bits per heavy atom. The number of carbonyl (C=O) groups excluding carboxylic acids is 2. The quantitative estimate of drug-likeness (QED) is 0.338. The summed E-state index contributed by atoms with van der Waals surface area (Å²) in [6.07, 6.45) is -6.18. The van der Waals surface area contributed by atoms with Crippen molar-refractivity contribution in [3.63, 3.8) is 0 Å². The lowest BCUT2D eigenvalue weighted by molar-refractivity contribution is -0.137. The summed E-state index contributed by atoms with van der Waals surface area (Å²) in [5, 5.41) is 2.12. The van der Waals surface area contributed by atoms with Crippen LogP contribution in [-0.4, -0.2) is 11.9 Å². The highest BCUT2D eigenvalue weighted by molar-refractivity contribution is 6.31. The number of hydrogen-bond donors (Lipinski definition) is 2. The van der Waals surface area contributed by atoms with E-state index in [9.17, 15) is 22.8 Å². The van der Waals surface area contributed by atoms with Gasteiger partial charge >= 0.3 is 12.1 Å². The normalized spacial score (nSPS) is 12.2. The van der Waals surface area contributed by atoms with Gasteiger partial charge in [-0.15, -0.1) is 0 Å². The molecule has 0 aliphatic heterocycles. The first-order chi connectivity index (χ1) is 15.1. The SMILES string of the molecule is Nc1cc(Cl)ccc1C(=O)OC(C(=O)Nc1ccc(Cl)c(C(F)(F)F)c1)c1ccccc1. The van der Waals surface area contributed by atoms with Crippen molar-refractivity contribution in [2.45, 2.75) is 12.3 Å². The number of nitrogens with one attached hydrogen (secondary N) is 1. The molecule has 1 atom stereocenters. The molecule has 3 rings (SSSR count). The minimum absolute atomic E-state index is 0.0195. The molecule has 32 heavy (non-hydrogen) atoms. The molecule has 3 aromatic rings. The Labute approximate surface area is 190 Å². The second-order valence-electron chi connectivity index (χ2n) is 6.61. The number of halogens is 5. The summed E-state index contributed by atoms with van der Waals surface area (Å²) < 4.78 is 44.8. The molecule has 0 saturated carbocycles. The number of anilines is 2. The van der Waals surface area contributed by atoms with Gasteiger partial charge in [-0.25, -0.2) is 4.79 Å². The van der Waals surface area contributed by atoms with E-state index in [0.717, 1.165) is 6.07 Å². The van der Waals surface area contributed by atoms with E-state index in [1.54, 1.807) is 18.2 Å². The molecule has 0 aromatic heterocycles. The van der Waals surface area contributed by atoms with Gasteiger partial charge in [0.2, 0.25) is 6.10 Å². The Morgan fingerprint density at radius 3 is 2.28 bits per heavy atom. The summed E-state index contributed by atoms with van der Waals surface area (Å²) in [5.41, 5.74) is 4.85. The van der Waals surface area contributed by atoms with Gasteiger partial charge in [-0.05, 0) is 36.4 Å². The fourth-order valence-electron chi connectivity index (χ4n) is 2.82. The van der Waals surface area contributed by atoms with Gasteiger partial charge in [-0.3, -0.25) is 4.79 Å². The summed E-state index contributed by atoms with van der Waals surface area (Å²) >= 11 is 11.4. The number of benzene rings is 3. The molecule has 0 fully saturated rings. The molecule has 0 radical (unpaired) electrons. The summed E-state index contributed by atoms with van der Waals surface area (Å²) in [6, 6.07) is 15.0. The van der Waals surface area contributed by atoms with Crippen LogP contribution in [0, 0.1) is 0 Å². The maximum Gasteiger partial charge on any atom is 0.417 e. The van der Waals surface area contributed by atoms with Crippen molar-refractivity contribution in [1.82, 2.24) is 0 Å². The molecule has 3 aromatic carbocycles. The van der Waals surface area contributed by atoms with Crippen molar-refractivity contribution >= 4 is 46.5 Å². The van der Waals surface area contributed by atoms with Gasteiger partial charge < -0.3 is 15.8 Å². The number of rotatable bonds is 5. The van der Waals surface area contributed by atoms with Crippen molar-refractivity contribution in [2.75, 3.05) is 11.1 Å². The Kier molecular flexibility index (Phi) is 6.96. The van der Waals surface area contributed by atoms with E-state index in [4.69, 9.17) is 33.7 Å². The molecule has 1 amide bonds. The third kappa shape index (κ3) is 5.52. The molecule has 166 valence electrons. The van der Waals surface area contributed by atoms with Crippen LogP contribution in [0.3, 0.4) is 0 Å². The number of hydrogen-bond acceptors (Lipinski definition) is 4. The molecule has 0 aliphatic rings. The Morgan fingerprint density at radius 1 is 0.969 bits per heavy atom. The predicted molar refractivity (Wildman–Crippen MR) is 116 cm³/mol. The maximum atomic E-state index is 13.1. The second kappa shape index (κ2) is 9.50. The lowest BCUT2D eigenvalue weighted by Crippen LogP contribution is -2.26. The topological polar surface area (TPSA) is 81.4 Å². The average molecular weight is 483 g/mol. The molecule has 0 bridgehead atoms. The molecular weight excluding hydrogens is 468 g/mol. The van der Waals surface area contributed by atoms with Gasteiger partial charge in [-0.1, -0.05) is 53.5 Å². The van der Waals surface area contributed by atoms with Crippen molar-refractivity contribution in [3.05, 3.63) is 93.5 Å². The molecule has 0 aliphatic carbocycles. The number of alkyl halides is 3. The number of esters is 1. The van der Waals surface area contributed by atoms with Crippen LogP contribution in [0.5, 0.6) is 0 Å². The minimum Gasteiger partial charge on any atom is -0.444 e. The largest absolute Gasteiger partial charge is 0.444 e. The lowest BCUT2D eigenvalue weighted by Gasteiger charge is -2.19. The van der Waals surface area contributed by atoms with Crippen LogP contribution >= 0.6 is 23.2 Å². The minimum atomic E-state index is -4.71. The van der Waals surface area contributed by atoms with Gasteiger partial charge in [0, 0.05) is 22.0 Å². The first-order valence-corrected chi connectivity index (χ1v) is 9.80. The zero-order valence-electron chi connectivity index (χ0n) is 16.1. The summed E-state index contributed by atoms with van der Waals surface area (Å²) in [5.74, 6) is -1.78. The van der Waals surface area contributed by atoms with Gasteiger partial charge in [0.25, 0.3) is 5.91 Å². The van der Waals surface area contributed by atoms with Crippen molar-refractivity contribution in [3.8, 4) is 0 Å². The Hall–Kier alpha value is -3.23. The van der Waals surface area contributed by atoms with Crippen LogP contribution < -0.4 is 11.1 Å². The fraction of sp³-hybridized carbons (Fsp3) is 0.0909. The maximum absolute atomic E-state index is 13.1. The van der Waals surface area contributed by atoms with E-state index >= 15 is 0 Å². The van der Waals surface area contributed by atoms with Crippen LogP contribution in [-0.2, 0) is 15.7 Å². The van der Waals surface area contributed by atoms with E-state index in [0.29, 0.717) is 16.7 Å². The van der Waals surface area contributed by atoms with Crippen molar-refractivity contribution < 1.29 is 27.5 Å².